The molecule has 3 nitrogen and oxygen atoms in total. The molecule has 1 aromatic heterocycles. The predicted octanol–water partition coefficient (Wildman–Crippen LogP) is 4.86. The van der Waals surface area contributed by atoms with E-state index in [-0.39, 0.29) is 0 Å². The number of methoxy groups -OCH3 is 2. The monoisotopic (exact) mass is 317 g/mol. The first-order valence-electron chi connectivity index (χ1n) is 7.99. The molecule has 0 bridgehead atoms. The molecule has 120 valence electrons. The van der Waals surface area contributed by atoms with Crippen LogP contribution in [-0.2, 0) is 6.54 Å². The lowest BCUT2D eigenvalue weighted by Crippen LogP contribution is -1.99. The number of ether oxygens (including phenoxy) is 2. The summed E-state index contributed by atoms with van der Waals surface area (Å²) in [6, 6.07) is 22.8. The van der Waals surface area contributed by atoms with Crippen LogP contribution in [0.4, 0.5) is 0 Å². The van der Waals surface area contributed by atoms with Crippen LogP contribution in [-0.4, -0.2) is 18.8 Å². The molecule has 0 aliphatic carbocycles. The van der Waals surface area contributed by atoms with E-state index in [4.69, 9.17) is 9.47 Å². The second-order valence-corrected chi connectivity index (χ2v) is 5.78. The summed E-state index contributed by atoms with van der Waals surface area (Å²) in [6.45, 7) is 0.807. The Morgan fingerprint density at radius 2 is 1.21 bits per heavy atom. The molecule has 3 aromatic carbocycles. The third kappa shape index (κ3) is 2.21. The number of rotatable bonds is 4. The maximum absolute atomic E-state index is 5.63. The van der Waals surface area contributed by atoms with Crippen molar-refractivity contribution in [3.8, 4) is 11.5 Å². The van der Waals surface area contributed by atoms with E-state index in [0.717, 1.165) is 39.8 Å². The fraction of sp³-hybridized carbons (Fsp3) is 0.143. The van der Waals surface area contributed by atoms with E-state index >= 15 is 0 Å². The Morgan fingerprint density at radius 3 is 1.71 bits per heavy atom. The SMILES string of the molecule is COc1cccc2c1c1c(OC)cccc1n2Cc1ccccc1. The Kier molecular flexibility index (Phi) is 3.62. The normalized spacial score (nSPS) is 11.1. The minimum Gasteiger partial charge on any atom is -0.496 e. The van der Waals surface area contributed by atoms with Crippen molar-refractivity contribution in [2.45, 2.75) is 6.54 Å². The summed E-state index contributed by atoms with van der Waals surface area (Å²) in [5, 5.41) is 2.20. The van der Waals surface area contributed by atoms with Gasteiger partial charge in [-0.1, -0.05) is 42.5 Å². The van der Waals surface area contributed by atoms with E-state index < -0.39 is 0 Å². The largest absolute Gasteiger partial charge is 0.496 e. The van der Waals surface area contributed by atoms with Crippen molar-refractivity contribution in [3.63, 3.8) is 0 Å². The summed E-state index contributed by atoms with van der Waals surface area (Å²) >= 11 is 0. The maximum atomic E-state index is 5.63. The smallest absolute Gasteiger partial charge is 0.129 e. The predicted molar refractivity (Wildman–Crippen MR) is 98.1 cm³/mol. The highest BCUT2D eigenvalue weighted by atomic mass is 16.5. The van der Waals surface area contributed by atoms with Gasteiger partial charge in [0.2, 0.25) is 0 Å². The van der Waals surface area contributed by atoms with Gasteiger partial charge in [-0.2, -0.15) is 0 Å². The van der Waals surface area contributed by atoms with E-state index in [2.05, 4.69) is 41.0 Å². The van der Waals surface area contributed by atoms with Gasteiger partial charge in [-0.15, -0.1) is 0 Å². The Balaban J connectivity index is 2.08. The number of hydrogen-bond acceptors (Lipinski definition) is 2. The molecule has 0 spiro atoms. The zero-order valence-corrected chi connectivity index (χ0v) is 13.8. The maximum Gasteiger partial charge on any atom is 0.129 e. The van der Waals surface area contributed by atoms with Crippen LogP contribution in [0, 0.1) is 0 Å². The van der Waals surface area contributed by atoms with Crippen molar-refractivity contribution in [1.82, 2.24) is 4.57 Å². The van der Waals surface area contributed by atoms with Crippen molar-refractivity contribution in [2.24, 2.45) is 0 Å². The molecule has 4 aromatic rings. The summed E-state index contributed by atoms with van der Waals surface area (Å²) in [5.41, 5.74) is 3.57. The Bertz CT molecular complexity index is 941. The van der Waals surface area contributed by atoms with Crippen LogP contribution >= 0.6 is 0 Å². The first kappa shape index (κ1) is 14.6. The fourth-order valence-corrected chi connectivity index (χ4v) is 3.40. The number of nitrogens with zero attached hydrogens (tertiary/aromatic N) is 1. The highest BCUT2D eigenvalue weighted by Gasteiger charge is 2.17. The number of hydrogen-bond donors (Lipinski definition) is 0. The molecular formula is C21H19NO2. The molecule has 0 amide bonds. The molecule has 0 N–H and O–H groups in total. The highest BCUT2D eigenvalue weighted by Crippen LogP contribution is 2.40. The summed E-state index contributed by atoms with van der Waals surface area (Å²) in [7, 11) is 3.43. The van der Waals surface area contributed by atoms with Crippen LogP contribution in [0.2, 0.25) is 0 Å². The minimum atomic E-state index is 0.807. The number of aromatic nitrogens is 1. The quantitative estimate of drug-likeness (QED) is 0.536. The average molecular weight is 317 g/mol. The van der Waals surface area contributed by atoms with Crippen molar-refractivity contribution in [2.75, 3.05) is 14.2 Å². The van der Waals surface area contributed by atoms with Crippen molar-refractivity contribution < 1.29 is 9.47 Å². The lowest BCUT2D eigenvalue weighted by molar-refractivity contribution is 0.416. The molecule has 0 aliphatic rings. The second-order valence-electron chi connectivity index (χ2n) is 5.78. The Morgan fingerprint density at radius 1 is 0.667 bits per heavy atom. The van der Waals surface area contributed by atoms with Crippen LogP contribution in [0.5, 0.6) is 11.5 Å². The molecule has 1 heterocycles. The summed E-state index contributed by atoms with van der Waals surface area (Å²) in [4.78, 5) is 0. The molecule has 0 saturated heterocycles. The van der Waals surface area contributed by atoms with Crippen molar-refractivity contribution in [3.05, 3.63) is 72.3 Å². The lowest BCUT2D eigenvalue weighted by atomic mass is 10.1. The van der Waals surface area contributed by atoms with Crippen LogP contribution < -0.4 is 9.47 Å². The van der Waals surface area contributed by atoms with Gasteiger partial charge in [-0.3, -0.25) is 0 Å². The first-order chi connectivity index (χ1) is 11.8. The molecule has 0 unspecified atom stereocenters. The van der Waals surface area contributed by atoms with E-state index in [1.165, 1.54) is 5.56 Å². The standard InChI is InChI=1S/C21H19NO2/c1-23-18-12-6-10-16-20(18)21-17(11-7-13-19(21)24-2)22(16)14-15-8-4-3-5-9-15/h3-13H,14H2,1-2H3. The number of benzene rings is 3. The van der Waals surface area contributed by atoms with Crippen molar-refractivity contribution in [1.29, 1.82) is 0 Å². The molecular weight excluding hydrogens is 298 g/mol. The van der Waals surface area contributed by atoms with E-state index in [9.17, 15) is 0 Å². The molecule has 24 heavy (non-hydrogen) atoms. The molecule has 0 radical (unpaired) electrons. The van der Waals surface area contributed by atoms with Gasteiger partial charge in [0, 0.05) is 6.54 Å². The summed E-state index contributed by atoms with van der Waals surface area (Å²) in [6.07, 6.45) is 0. The topological polar surface area (TPSA) is 23.4 Å². The van der Waals surface area contributed by atoms with Gasteiger partial charge in [-0.05, 0) is 29.8 Å². The zero-order valence-electron chi connectivity index (χ0n) is 13.8. The van der Waals surface area contributed by atoms with Gasteiger partial charge in [0.1, 0.15) is 11.5 Å². The van der Waals surface area contributed by atoms with Gasteiger partial charge in [0.25, 0.3) is 0 Å². The molecule has 0 atom stereocenters. The van der Waals surface area contributed by atoms with Gasteiger partial charge in [-0.25, -0.2) is 0 Å². The minimum absolute atomic E-state index is 0.807. The third-order valence-electron chi connectivity index (χ3n) is 4.46. The van der Waals surface area contributed by atoms with Crippen LogP contribution in [0.15, 0.2) is 66.7 Å². The molecule has 4 rings (SSSR count). The van der Waals surface area contributed by atoms with Gasteiger partial charge in [0.05, 0.1) is 36.0 Å². The fourth-order valence-electron chi connectivity index (χ4n) is 3.40. The first-order valence-corrected chi connectivity index (χ1v) is 7.99. The Hall–Kier alpha value is -2.94. The number of fused-ring (bicyclic) bond motifs is 3. The lowest BCUT2D eigenvalue weighted by Gasteiger charge is -2.08. The van der Waals surface area contributed by atoms with Crippen molar-refractivity contribution >= 4 is 21.8 Å². The molecule has 0 fully saturated rings. The van der Waals surface area contributed by atoms with E-state index in [1.54, 1.807) is 14.2 Å². The molecule has 0 aliphatic heterocycles. The highest BCUT2D eigenvalue weighted by molar-refractivity contribution is 6.14. The summed E-state index contributed by atoms with van der Waals surface area (Å²) < 4.78 is 13.6. The average Bonchev–Trinajstić information content (AvgIpc) is 2.97. The van der Waals surface area contributed by atoms with Gasteiger partial charge < -0.3 is 14.0 Å². The van der Waals surface area contributed by atoms with E-state index in [0.29, 0.717) is 0 Å². The zero-order chi connectivity index (χ0) is 16.5. The van der Waals surface area contributed by atoms with Gasteiger partial charge in [0.15, 0.2) is 0 Å². The Labute approximate surface area is 141 Å². The second kappa shape index (κ2) is 5.93. The van der Waals surface area contributed by atoms with Crippen LogP contribution in [0.25, 0.3) is 21.8 Å². The third-order valence-corrected chi connectivity index (χ3v) is 4.46. The van der Waals surface area contributed by atoms with E-state index in [1.807, 2.05) is 30.3 Å². The molecule has 3 heteroatoms. The summed E-state index contributed by atoms with van der Waals surface area (Å²) in [5.74, 6) is 1.74. The molecule has 0 saturated carbocycles. The van der Waals surface area contributed by atoms with Gasteiger partial charge >= 0.3 is 0 Å². The van der Waals surface area contributed by atoms with Crippen LogP contribution in [0.1, 0.15) is 5.56 Å². The van der Waals surface area contributed by atoms with Crippen LogP contribution in [0.3, 0.4) is 0 Å².